The highest BCUT2D eigenvalue weighted by Gasteiger charge is 2.47. The maximum Gasteiger partial charge on any atom is 0.0661 e. The average Bonchev–Trinajstić information content (AvgIpc) is 3.47. The van der Waals surface area contributed by atoms with Crippen LogP contribution in [0.5, 0.6) is 0 Å². The van der Waals surface area contributed by atoms with Crippen LogP contribution < -0.4 is 9.80 Å². The zero-order chi connectivity index (χ0) is 35.5. The Morgan fingerprint density at radius 2 is 1.33 bits per heavy atom. The number of benzene rings is 6. The van der Waals surface area contributed by atoms with Gasteiger partial charge in [0.2, 0.25) is 0 Å². The number of anilines is 4. The SMILES string of the molecule is C=CCN(c1ccccc1)c1cc(C2=CC3N(c4cc(-c5ccccc5)cc(-c5ccccc5)c4)c4ccccc4C3(C)C=C2)ccc1CC=CC. The molecule has 0 radical (unpaired) electrons. The van der Waals surface area contributed by atoms with Gasteiger partial charge >= 0.3 is 0 Å². The molecule has 0 saturated carbocycles. The Balaban J connectivity index is 1.28. The highest BCUT2D eigenvalue weighted by atomic mass is 15.2. The molecule has 0 spiro atoms. The van der Waals surface area contributed by atoms with E-state index in [1.165, 1.54) is 61.6 Å². The summed E-state index contributed by atoms with van der Waals surface area (Å²) in [5.74, 6) is 0. The monoisotopic (exact) mass is 672 g/mol. The van der Waals surface area contributed by atoms with Gasteiger partial charge in [-0.15, -0.1) is 6.58 Å². The van der Waals surface area contributed by atoms with E-state index in [2.05, 4.69) is 212 Å². The van der Waals surface area contributed by atoms with Crippen molar-refractivity contribution in [1.82, 2.24) is 0 Å². The third-order valence-corrected chi connectivity index (χ3v) is 10.7. The van der Waals surface area contributed by atoms with Gasteiger partial charge in [-0.05, 0) is 107 Å². The Bertz CT molecular complexity index is 2240. The molecule has 1 aliphatic heterocycles. The molecule has 2 nitrogen and oxygen atoms in total. The van der Waals surface area contributed by atoms with Crippen molar-refractivity contribution in [2.24, 2.45) is 0 Å². The molecule has 6 aromatic rings. The maximum absolute atomic E-state index is 4.12. The quantitative estimate of drug-likeness (QED) is 0.134. The first-order chi connectivity index (χ1) is 25.6. The fourth-order valence-corrected chi connectivity index (χ4v) is 7.97. The number of allylic oxidation sites excluding steroid dienone is 4. The molecule has 2 heteroatoms. The summed E-state index contributed by atoms with van der Waals surface area (Å²) in [7, 11) is 0. The van der Waals surface area contributed by atoms with E-state index in [0.29, 0.717) is 0 Å². The van der Waals surface area contributed by atoms with E-state index in [1.54, 1.807) is 0 Å². The molecule has 0 fully saturated rings. The summed E-state index contributed by atoms with van der Waals surface area (Å²) in [5, 5.41) is 0. The Labute approximate surface area is 309 Å². The van der Waals surface area contributed by atoms with Crippen molar-refractivity contribution < 1.29 is 0 Å². The molecule has 2 atom stereocenters. The minimum absolute atomic E-state index is 0.0732. The van der Waals surface area contributed by atoms with Crippen molar-refractivity contribution in [2.45, 2.75) is 31.7 Å². The van der Waals surface area contributed by atoms with Crippen LogP contribution in [0.1, 0.15) is 30.5 Å². The van der Waals surface area contributed by atoms with Gasteiger partial charge in [0.25, 0.3) is 0 Å². The smallest absolute Gasteiger partial charge is 0.0661 e. The van der Waals surface area contributed by atoms with E-state index in [0.717, 1.165) is 18.7 Å². The van der Waals surface area contributed by atoms with Gasteiger partial charge in [0.1, 0.15) is 0 Å². The molecule has 52 heavy (non-hydrogen) atoms. The number of rotatable bonds is 10. The molecule has 2 unspecified atom stereocenters. The summed E-state index contributed by atoms with van der Waals surface area (Å²) < 4.78 is 0. The first-order valence-electron chi connectivity index (χ1n) is 18.3. The van der Waals surface area contributed by atoms with Crippen LogP contribution in [-0.4, -0.2) is 12.6 Å². The molecule has 1 aliphatic carbocycles. The minimum Gasteiger partial charge on any atom is -0.337 e. The third kappa shape index (κ3) is 6.11. The van der Waals surface area contributed by atoms with E-state index >= 15 is 0 Å². The van der Waals surface area contributed by atoms with E-state index in [1.807, 2.05) is 6.08 Å². The second kappa shape index (κ2) is 14.2. The van der Waals surface area contributed by atoms with E-state index in [9.17, 15) is 0 Å². The van der Waals surface area contributed by atoms with Gasteiger partial charge in [-0.25, -0.2) is 0 Å². The van der Waals surface area contributed by atoms with Crippen LogP contribution >= 0.6 is 0 Å². The molecule has 8 rings (SSSR count). The molecule has 0 aromatic heterocycles. The van der Waals surface area contributed by atoms with Crippen molar-refractivity contribution >= 4 is 28.3 Å². The van der Waals surface area contributed by atoms with E-state index < -0.39 is 0 Å². The summed E-state index contributed by atoms with van der Waals surface area (Å²) in [4.78, 5) is 4.96. The topological polar surface area (TPSA) is 6.48 Å². The number of hydrogen-bond donors (Lipinski definition) is 0. The standard InChI is InChI=1S/C50H44N2/c1-4-6-18-39-27-28-40(35-48(39)51(31-5-2)44-23-14-9-15-24-44)41-29-30-50(3)46-25-16-17-26-47(46)52(49(50)36-41)45-33-42(37-19-10-7-11-20-37)32-43(34-45)38-21-12-8-13-22-38/h4-17,19-30,32-36,49H,2,18,31H2,1,3H3. The predicted octanol–water partition coefficient (Wildman–Crippen LogP) is 12.9. The van der Waals surface area contributed by atoms with Gasteiger partial charge in [-0.1, -0.05) is 146 Å². The van der Waals surface area contributed by atoms with Crippen molar-refractivity contribution in [1.29, 1.82) is 0 Å². The second-order valence-corrected chi connectivity index (χ2v) is 13.9. The molecule has 254 valence electrons. The van der Waals surface area contributed by atoms with Gasteiger partial charge in [0.05, 0.1) is 6.04 Å². The van der Waals surface area contributed by atoms with Crippen LogP contribution in [0.15, 0.2) is 195 Å². The molecular weight excluding hydrogens is 629 g/mol. The van der Waals surface area contributed by atoms with Crippen LogP contribution in [0.25, 0.3) is 27.8 Å². The zero-order valence-electron chi connectivity index (χ0n) is 30.0. The largest absolute Gasteiger partial charge is 0.337 e. The lowest BCUT2D eigenvalue weighted by Crippen LogP contribution is -2.39. The summed E-state index contributed by atoms with van der Waals surface area (Å²) in [6.07, 6.45) is 14.5. The van der Waals surface area contributed by atoms with Crippen molar-refractivity contribution in [3.05, 3.63) is 211 Å². The van der Waals surface area contributed by atoms with Crippen molar-refractivity contribution in [3.63, 3.8) is 0 Å². The van der Waals surface area contributed by atoms with E-state index in [4.69, 9.17) is 0 Å². The lowest BCUT2D eigenvalue weighted by atomic mass is 9.74. The Morgan fingerprint density at radius 1 is 0.692 bits per heavy atom. The van der Waals surface area contributed by atoms with Crippen LogP contribution in [-0.2, 0) is 11.8 Å². The maximum atomic E-state index is 4.12. The molecule has 0 bridgehead atoms. The second-order valence-electron chi connectivity index (χ2n) is 13.9. The minimum atomic E-state index is -0.205. The van der Waals surface area contributed by atoms with Crippen LogP contribution in [0, 0.1) is 0 Å². The number of hydrogen-bond acceptors (Lipinski definition) is 2. The van der Waals surface area contributed by atoms with E-state index in [-0.39, 0.29) is 11.5 Å². The Morgan fingerprint density at radius 3 is 1.98 bits per heavy atom. The number of fused-ring (bicyclic) bond motifs is 3. The highest BCUT2D eigenvalue weighted by Crippen LogP contribution is 2.53. The van der Waals surface area contributed by atoms with Gasteiger partial charge in [0, 0.05) is 34.7 Å². The number of para-hydroxylation sites is 2. The van der Waals surface area contributed by atoms with Gasteiger partial charge < -0.3 is 9.80 Å². The molecule has 0 N–H and O–H groups in total. The first-order valence-corrected chi connectivity index (χ1v) is 18.3. The first kappa shape index (κ1) is 33.0. The van der Waals surface area contributed by atoms with Crippen molar-refractivity contribution in [2.75, 3.05) is 16.3 Å². The normalized spacial score (nSPS) is 17.5. The van der Waals surface area contributed by atoms with Crippen LogP contribution in [0.3, 0.4) is 0 Å². The highest BCUT2D eigenvalue weighted by molar-refractivity contribution is 5.88. The molecule has 1 heterocycles. The molecule has 0 saturated heterocycles. The molecule has 6 aromatic carbocycles. The third-order valence-electron chi connectivity index (χ3n) is 10.7. The van der Waals surface area contributed by atoms with Crippen LogP contribution in [0.2, 0.25) is 0 Å². The van der Waals surface area contributed by atoms with Gasteiger partial charge in [-0.2, -0.15) is 0 Å². The predicted molar refractivity (Wildman–Crippen MR) is 223 cm³/mol. The summed E-state index contributed by atoms with van der Waals surface area (Å²) in [5.41, 5.74) is 14.5. The van der Waals surface area contributed by atoms with Gasteiger partial charge in [-0.3, -0.25) is 0 Å². The Kier molecular flexibility index (Phi) is 9.05. The summed E-state index contributed by atoms with van der Waals surface area (Å²) in [6, 6.07) is 55.3. The molecule has 2 aliphatic rings. The Hall–Kier alpha value is -6.12. The molecular formula is C50H44N2. The lowest BCUT2D eigenvalue weighted by molar-refractivity contribution is 0.552. The van der Waals surface area contributed by atoms with Gasteiger partial charge in [0.15, 0.2) is 0 Å². The average molecular weight is 673 g/mol. The summed E-state index contributed by atoms with van der Waals surface area (Å²) in [6.45, 7) is 9.33. The van der Waals surface area contributed by atoms with Crippen LogP contribution in [0.4, 0.5) is 22.7 Å². The molecule has 0 amide bonds. The fourth-order valence-electron chi connectivity index (χ4n) is 7.97. The number of nitrogens with zero attached hydrogens (tertiary/aromatic N) is 2. The fraction of sp³-hybridized carbons (Fsp3) is 0.120. The lowest BCUT2D eigenvalue weighted by Gasteiger charge is -2.36. The van der Waals surface area contributed by atoms with Crippen molar-refractivity contribution in [3.8, 4) is 22.3 Å². The summed E-state index contributed by atoms with van der Waals surface area (Å²) >= 11 is 0. The zero-order valence-corrected chi connectivity index (χ0v) is 30.0.